The number of hydrogen-bond acceptors (Lipinski definition) is 4. The van der Waals surface area contributed by atoms with Crippen LogP contribution in [0.4, 0.5) is 0 Å². The Kier molecular flexibility index (Phi) is 3.18. The summed E-state index contributed by atoms with van der Waals surface area (Å²) in [4.78, 5) is 26.3. The van der Waals surface area contributed by atoms with Gasteiger partial charge in [0, 0.05) is 19.4 Å². The Hall–Kier alpha value is -1.30. The van der Waals surface area contributed by atoms with Gasteiger partial charge >= 0.3 is 5.97 Å². The molecule has 0 amide bonds. The highest BCUT2D eigenvalue weighted by Gasteiger charge is 2.30. The second-order valence-corrected chi connectivity index (χ2v) is 5.18. The SMILES string of the molecule is Cn1ccnc(SC(C)(C)C(=O)O)c1=O. The van der Waals surface area contributed by atoms with Crippen molar-refractivity contribution in [1.82, 2.24) is 9.55 Å². The molecule has 5 nitrogen and oxygen atoms in total. The fourth-order valence-corrected chi connectivity index (χ4v) is 1.75. The molecule has 1 rings (SSSR count). The predicted molar refractivity (Wildman–Crippen MR) is 57.0 cm³/mol. The zero-order valence-electron chi connectivity index (χ0n) is 8.72. The van der Waals surface area contributed by atoms with Crippen molar-refractivity contribution in [2.24, 2.45) is 7.05 Å². The zero-order chi connectivity index (χ0) is 11.6. The van der Waals surface area contributed by atoms with Gasteiger partial charge in [-0.2, -0.15) is 0 Å². The van der Waals surface area contributed by atoms with Crippen LogP contribution >= 0.6 is 11.8 Å². The molecule has 0 saturated carbocycles. The largest absolute Gasteiger partial charge is 0.480 e. The Labute approximate surface area is 91.1 Å². The number of aromatic nitrogens is 2. The van der Waals surface area contributed by atoms with E-state index in [1.54, 1.807) is 7.05 Å². The van der Waals surface area contributed by atoms with E-state index in [-0.39, 0.29) is 10.6 Å². The maximum atomic E-state index is 11.6. The van der Waals surface area contributed by atoms with Crippen LogP contribution in [-0.4, -0.2) is 25.4 Å². The minimum atomic E-state index is -1.06. The number of carboxylic acids is 1. The molecule has 0 aliphatic carbocycles. The van der Waals surface area contributed by atoms with E-state index in [0.29, 0.717) is 0 Å². The molecule has 0 unspecified atom stereocenters. The molecule has 1 aromatic heterocycles. The van der Waals surface area contributed by atoms with Crippen LogP contribution in [0.25, 0.3) is 0 Å². The van der Waals surface area contributed by atoms with Crippen molar-refractivity contribution in [3.63, 3.8) is 0 Å². The first-order valence-corrected chi connectivity index (χ1v) is 5.10. The number of rotatable bonds is 3. The topological polar surface area (TPSA) is 72.2 Å². The maximum Gasteiger partial charge on any atom is 0.319 e. The second-order valence-electron chi connectivity index (χ2n) is 3.57. The molecule has 15 heavy (non-hydrogen) atoms. The van der Waals surface area contributed by atoms with Gasteiger partial charge in [0.25, 0.3) is 5.56 Å². The molecule has 0 atom stereocenters. The van der Waals surface area contributed by atoms with Crippen LogP contribution in [0, 0.1) is 0 Å². The summed E-state index contributed by atoms with van der Waals surface area (Å²) in [5.41, 5.74) is -0.281. The lowest BCUT2D eigenvalue weighted by Gasteiger charge is -2.17. The standard InChI is InChI=1S/C9H12N2O3S/c1-9(2,8(13)14)15-6-7(12)11(3)5-4-10-6/h4-5H,1-3H3,(H,13,14). The van der Waals surface area contributed by atoms with Crippen LogP contribution < -0.4 is 5.56 Å². The Morgan fingerprint density at radius 2 is 2.20 bits per heavy atom. The smallest absolute Gasteiger partial charge is 0.319 e. The van der Waals surface area contributed by atoms with Crippen LogP contribution in [-0.2, 0) is 11.8 Å². The summed E-state index contributed by atoms with van der Waals surface area (Å²) in [5.74, 6) is -0.972. The number of carboxylic acid groups (broad SMARTS) is 1. The van der Waals surface area contributed by atoms with Crippen molar-refractivity contribution in [1.29, 1.82) is 0 Å². The van der Waals surface area contributed by atoms with Gasteiger partial charge in [0.1, 0.15) is 4.75 Å². The summed E-state index contributed by atoms with van der Waals surface area (Å²) in [6, 6.07) is 0. The van der Waals surface area contributed by atoms with Gasteiger partial charge in [-0.3, -0.25) is 9.59 Å². The first kappa shape index (κ1) is 11.8. The van der Waals surface area contributed by atoms with Gasteiger partial charge in [0.05, 0.1) is 0 Å². The zero-order valence-corrected chi connectivity index (χ0v) is 9.54. The van der Waals surface area contributed by atoms with Crippen LogP contribution in [0.2, 0.25) is 0 Å². The number of thioether (sulfide) groups is 1. The third-order valence-corrected chi connectivity index (χ3v) is 3.01. The summed E-state index contributed by atoms with van der Waals surface area (Å²) in [5, 5.41) is 9.11. The summed E-state index contributed by atoms with van der Waals surface area (Å²) >= 11 is 0.951. The minimum Gasteiger partial charge on any atom is -0.480 e. The van der Waals surface area contributed by atoms with Gasteiger partial charge in [0.15, 0.2) is 5.03 Å². The first-order chi connectivity index (χ1) is 6.84. The Morgan fingerprint density at radius 3 is 2.73 bits per heavy atom. The van der Waals surface area contributed by atoms with Crippen LogP contribution in [0.15, 0.2) is 22.2 Å². The van der Waals surface area contributed by atoms with Gasteiger partial charge in [-0.05, 0) is 13.8 Å². The Bertz CT molecular complexity index is 439. The van der Waals surface area contributed by atoms with E-state index in [2.05, 4.69) is 4.98 Å². The number of nitrogens with zero attached hydrogens (tertiary/aromatic N) is 2. The molecule has 82 valence electrons. The van der Waals surface area contributed by atoms with E-state index in [0.717, 1.165) is 11.8 Å². The molecule has 0 aliphatic heterocycles. The molecule has 1 heterocycles. The van der Waals surface area contributed by atoms with Crippen molar-refractivity contribution in [2.75, 3.05) is 0 Å². The van der Waals surface area contributed by atoms with Crippen LogP contribution in [0.3, 0.4) is 0 Å². The maximum absolute atomic E-state index is 11.6. The molecule has 0 bridgehead atoms. The van der Waals surface area contributed by atoms with E-state index in [1.807, 2.05) is 0 Å². The summed E-state index contributed by atoms with van der Waals surface area (Å²) in [7, 11) is 1.60. The molecular formula is C9H12N2O3S. The number of carbonyl (C=O) groups is 1. The van der Waals surface area contributed by atoms with E-state index >= 15 is 0 Å². The molecule has 0 spiro atoms. The highest BCUT2D eigenvalue weighted by molar-refractivity contribution is 8.01. The molecule has 0 saturated heterocycles. The van der Waals surface area contributed by atoms with Crippen molar-refractivity contribution < 1.29 is 9.90 Å². The summed E-state index contributed by atoms with van der Waals surface area (Å²) in [6.07, 6.45) is 3.00. The van der Waals surface area contributed by atoms with E-state index in [4.69, 9.17) is 5.11 Å². The van der Waals surface area contributed by atoms with Crippen LogP contribution in [0.1, 0.15) is 13.8 Å². The van der Waals surface area contributed by atoms with Gasteiger partial charge in [-0.25, -0.2) is 4.98 Å². The number of aryl methyl sites for hydroxylation is 1. The number of aliphatic carboxylic acids is 1. The molecule has 6 heteroatoms. The second kappa shape index (κ2) is 4.06. The van der Waals surface area contributed by atoms with Crippen molar-refractivity contribution in [3.8, 4) is 0 Å². The molecule has 1 N–H and O–H groups in total. The van der Waals surface area contributed by atoms with E-state index in [1.165, 1.54) is 30.8 Å². The van der Waals surface area contributed by atoms with E-state index < -0.39 is 10.7 Å². The lowest BCUT2D eigenvalue weighted by atomic mass is 10.2. The van der Waals surface area contributed by atoms with Gasteiger partial charge in [-0.1, -0.05) is 11.8 Å². The Morgan fingerprint density at radius 1 is 1.60 bits per heavy atom. The first-order valence-electron chi connectivity index (χ1n) is 4.28. The van der Waals surface area contributed by atoms with Gasteiger partial charge in [-0.15, -0.1) is 0 Å². The predicted octanol–water partition coefficient (Wildman–Crippen LogP) is 0.736. The molecule has 0 aromatic carbocycles. The lowest BCUT2D eigenvalue weighted by Crippen LogP contribution is -2.30. The molecular weight excluding hydrogens is 216 g/mol. The Balaban J connectivity index is 3.06. The van der Waals surface area contributed by atoms with Crippen LogP contribution in [0.5, 0.6) is 0 Å². The highest BCUT2D eigenvalue weighted by atomic mass is 32.2. The van der Waals surface area contributed by atoms with E-state index in [9.17, 15) is 9.59 Å². The third kappa shape index (κ3) is 2.59. The van der Waals surface area contributed by atoms with Crippen molar-refractivity contribution in [3.05, 3.63) is 22.7 Å². The molecule has 0 radical (unpaired) electrons. The molecule has 1 aromatic rings. The van der Waals surface area contributed by atoms with Gasteiger partial charge < -0.3 is 9.67 Å². The highest BCUT2D eigenvalue weighted by Crippen LogP contribution is 2.28. The lowest BCUT2D eigenvalue weighted by molar-refractivity contribution is -0.138. The van der Waals surface area contributed by atoms with Crippen molar-refractivity contribution in [2.45, 2.75) is 23.6 Å². The normalized spacial score (nSPS) is 11.4. The monoisotopic (exact) mass is 228 g/mol. The van der Waals surface area contributed by atoms with Crippen molar-refractivity contribution >= 4 is 17.7 Å². The molecule has 0 aliphatic rings. The summed E-state index contributed by atoms with van der Waals surface area (Å²) in [6.45, 7) is 3.07. The quantitative estimate of drug-likeness (QED) is 0.772. The fraction of sp³-hybridized carbons (Fsp3) is 0.444. The van der Waals surface area contributed by atoms with Gasteiger partial charge in [0.2, 0.25) is 0 Å². The molecule has 0 fully saturated rings. The summed E-state index contributed by atoms with van der Waals surface area (Å²) < 4.78 is 0.313. The average molecular weight is 228 g/mol. The fourth-order valence-electron chi connectivity index (χ4n) is 0.830. The average Bonchev–Trinajstić information content (AvgIpc) is 2.12. The minimum absolute atomic E-state index is 0.201. The number of hydrogen-bond donors (Lipinski definition) is 1. The third-order valence-electron chi connectivity index (χ3n) is 1.85.